The highest BCUT2D eigenvalue weighted by molar-refractivity contribution is 6.12. The summed E-state index contributed by atoms with van der Waals surface area (Å²) in [6.07, 6.45) is 0. The van der Waals surface area contributed by atoms with Crippen LogP contribution in [0.3, 0.4) is 0 Å². The summed E-state index contributed by atoms with van der Waals surface area (Å²) < 4.78 is 0. The molecule has 0 spiro atoms. The van der Waals surface area contributed by atoms with Crippen LogP contribution in [0.1, 0.15) is 0 Å². The van der Waals surface area contributed by atoms with Gasteiger partial charge >= 0.3 is 0 Å². The third kappa shape index (κ3) is 0.708. The van der Waals surface area contributed by atoms with E-state index in [1.165, 1.54) is 0 Å². The molecule has 0 bridgehead atoms. The van der Waals surface area contributed by atoms with Gasteiger partial charge in [-0.3, -0.25) is 9.59 Å². The summed E-state index contributed by atoms with van der Waals surface area (Å²) in [6, 6.07) is 10.9. The Bertz CT molecular complexity index is 716. The van der Waals surface area contributed by atoms with Crippen LogP contribution >= 0.6 is 0 Å². The Morgan fingerprint density at radius 3 is 2.14 bits per heavy atom. The molecule has 2 nitrogen and oxygen atoms in total. The minimum atomic E-state index is -0.378. The average Bonchev–Trinajstić information content (AvgIpc) is 2.59. The van der Waals surface area contributed by atoms with Crippen LogP contribution in [0.4, 0.5) is 0 Å². The van der Waals surface area contributed by atoms with Gasteiger partial charge < -0.3 is 0 Å². The summed E-state index contributed by atoms with van der Waals surface area (Å²) in [5.41, 5.74) is -0.752. The highest BCUT2D eigenvalue weighted by atomic mass is 16.2. The molecule has 0 aliphatic heterocycles. The van der Waals surface area contributed by atoms with Gasteiger partial charge in [0, 0.05) is 16.2 Å². The lowest BCUT2D eigenvalue weighted by atomic mass is 10.2. The van der Waals surface area contributed by atoms with Gasteiger partial charge in [-0.1, -0.05) is 30.3 Å². The van der Waals surface area contributed by atoms with E-state index in [-0.39, 0.29) is 10.9 Å². The SMILES string of the molecule is O=c1c(=O)c2ccc3ccccc1c32. The summed E-state index contributed by atoms with van der Waals surface area (Å²) in [5, 5.41) is 2.86. The first-order chi connectivity index (χ1) is 6.79. The summed E-state index contributed by atoms with van der Waals surface area (Å²) in [5.74, 6) is 0. The molecule has 0 N–H and O–H groups in total. The molecule has 0 saturated heterocycles. The van der Waals surface area contributed by atoms with Gasteiger partial charge in [0.25, 0.3) is 0 Å². The minimum absolute atomic E-state index is 0.374. The van der Waals surface area contributed by atoms with Crippen molar-refractivity contribution in [3.8, 4) is 0 Å². The third-order valence-electron chi connectivity index (χ3n) is 2.60. The molecule has 14 heavy (non-hydrogen) atoms. The van der Waals surface area contributed by atoms with Crippen LogP contribution in [0, 0.1) is 0 Å². The lowest BCUT2D eigenvalue weighted by molar-refractivity contribution is 1.66. The maximum absolute atomic E-state index is 11.5. The van der Waals surface area contributed by atoms with E-state index in [4.69, 9.17) is 0 Å². The molecule has 0 saturated carbocycles. The fourth-order valence-corrected chi connectivity index (χ4v) is 1.95. The normalized spacial score (nSPS) is 11.4. The van der Waals surface area contributed by atoms with Crippen LogP contribution in [0.25, 0.3) is 21.5 Å². The second-order valence-corrected chi connectivity index (χ2v) is 3.37. The first kappa shape index (κ1) is 7.44. The molecule has 0 amide bonds. The van der Waals surface area contributed by atoms with Crippen LogP contribution in [-0.2, 0) is 0 Å². The monoisotopic (exact) mass is 182 g/mol. The molecule has 2 heteroatoms. The molecule has 3 aromatic rings. The predicted molar refractivity (Wildman–Crippen MR) is 56.4 cm³/mol. The van der Waals surface area contributed by atoms with Gasteiger partial charge in [0.2, 0.25) is 10.9 Å². The fourth-order valence-electron chi connectivity index (χ4n) is 1.95. The van der Waals surface area contributed by atoms with Gasteiger partial charge in [-0.15, -0.1) is 0 Å². The van der Waals surface area contributed by atoms with Crippen molar-refractivity contribution in [3.63, 3.8) is 0 Å². The molecule has 0 atom stereocenters. The average molecular weight is 182 g/mol. The number of rotatable bonds is 0. The lowest BCUT2D eigenvalue weighted by Crippen LogP contribution is -2.16. The molecule has 66 valence electrons. The summed E-state index contributed by atoms with van der Waals surface area (Å²) in [4.78, 5) is 23.0. The molecule has 0 radical (unpaired) electrons. The van der Waals surface area contributed by atoms with E-state index in [9.17, 15) is 9.59 Å². The van der Waals surface area contributed by atoms with Crippen LogP contribution in [0.15, 0.2) is 46.0 Å². The van der Waals surface area contributed by atoms with Crippen LogP contribution in [0.2, 0.25) is 0 Å². The molecule has 3 aromatic carbocycles. The van der Waals surface area contributed by atoms with Gasteiger partial charge in [0.15, 0.2) is 0 Å². The Hall–Kier alpha value is -1.96. The van der Waals surface area contributed by atoms with E-state index < -0.39 is 0 Å². The Morgan fingerprint density at radius 1 is 0.714 bits per heavy atom. The highest BCUT2D eigenvalue weighted by Crippen LogP contribution is 2.22. The van der Waals surface area contributed by atoms with Crippen molar-refractivity contribution >= 4 is 21.5 Å². The van der Waals surface area contributed by atoms with Crippen LogP contribution in [-0.4, -0.2) is 0 Å². The Morgan fingerprint density at radius 2 is 1.36 bits per heavy atom. The summed E-state index contributed by atoms with van der Waals surface area (Å²) in [7, 11) is 0. The molecule has 0 aliphatic carbocycles. The van der Waals surface area contributed by atoms with E-state index in [0.717, 1.165) is 10.8 Å². The predicted octanol–water partition coefficient (Wildman–Crippen LogP) is 1.59. The first-order valence-corrected chi connectivity index (χ1v) is 4.40. The molecule has 0 fully saturated rings. The third-order valence-corrected chi connectivity index (χ3v) is 2.60. The molecule has 3 rings (SSSR count). The largest absolute Gasteiger partial charge is 0.285 e. The zero-order valence-corrected chi connectivity index (χ0v) is 7.28. The quantitative estimate of drug-likeness (QED) is 0.495. The zero-order valence-electron chi connectivity index (χ0n) is 7.28. The van der Waals surface area contributed by atoms with E-state index in [0.29, 0.717) is 10.8 Å². The smallest absolute Gasteiger partial charge is 0.234 e. The maximum Gasteiger partial charge on any atom is 0.234 e. The van der Waals surface area contributed by atoms with Gasteiger partial charge in [-0.05, 0) is 11.5 Å². The van der Waals surface area contributed by atoms with Crippen molar-refractivity contribution in [1.29, 1.82) is 0 Å². The van der Waals surface area contributed by atoms with Crippen molar-refractivity contribution in [1.82, 2.24) is 0 Å². The Balaban J connectivity index is 2.91. The second kappa shape index (κ2) is 2.29. The number of hydrogen-bond donors (Lipinski definition) is 0. The van der Waals surface area contributed by atoms with E-state index in [1.807, 2.05) is 18.2 Å². The van der Waals surface area contributed by atoms with Gasteiger partial charge in [-0.25, -0.2) is 0 Å². The van der Waals surface area contributed by atoms with E-state index in [1.54, 1.807) is 18.2 Å². The Labute approximate surface area is 79.1 Å². The van der Waals surface area contributed by atoms with Gasteiger partial charge in [0.05, 0.1) is 0 Å². The molecular weight excluding hydrogens is 176 g/mol. The molecule has 0 unspecified atom stereocenters. The maximum atomic E-state index is 11.5. The van der Waals surface area contributed by atoms with Gasteiger partial charge in [-0.2, -0.15) is 0 Å². The van der Waals surface area contributed by atoms with Crippen molar-refractivity contribution in [3.05, 3.63) is 56.8 Å². The molecule has 0 aromatic heterocycles. The second-order valence-electron chi connectivity index (χ2n) is 3.37. The Kier molecular flexibility index (Phi) is 1.22. The van der Waals surface area contributed by atoms with E-state index >= 15 is 0 Å². The van der Waals surface area contributed by atoms with Crippen molar-refractivity contribution in [2.75, 3.05) is 0 Å². The topological polar surface area (TPSA) is 34.1 Å². The van der Waals surface area contributed by atoms with Crippen LogP contribution < -0.4 is 10.9 Å². The molecule has 0 heterocycles. The van der Waals surface area contributed by atoms with E-state index in [2.05, 4.69) is 0 Å². The lowest BCUT2D eigenvalue weighted by Gasteiger charge is -1.78. The molecular formula is C12H6O2. The van der Waals surface area contributed by atoms with Crippen molar-refractivity contribution in [2.45, 2.75) is 0 Å². The van der Waals surface area contributed by atoms with Crippen molar-refractivity contribution < 1.29 is 0 Å². The van der Waals surface area contributed by atoms with Crippen LogP contribution in [0.5, 0.6) is 0 Å². The van der Waals surface area contributed by atoms with Crippen molar-refractivity contribution in [2.24, 2.45) is 0 Å². The first-order valence-electron chi connectivity index (χ1n) is 4.40. The highest BCUT2D eigenvalue weighted by Gasteiger charge is 2.12. The standard InChI is InChI=1S/C12H6O2/c13-11-8-4-2-1-3-7-5-6-9(10(7)8)12(11)14/h1-6H. The zero-order chi connectivity index (χ0) is 9.71. The summed E-state index contributed by atoms with van der Waals surface area (Å²) in [6.45, 7) is 0. The van der Waals surface area contributed by atoms with Gasteiger partial charge in [0.1, 0.15) is 0 Å². The fraction of sp³-hybridized carbons (Fsp3) is 0. The minimum Gasteiger partial charge on any atom is -0.285 e. The number of hydrogen-bond acceptors (Lipinski definition) is 2. The molecule has 0 aliphatic rings. The summed E-state index contributed by atoms with van der Waals surface area (Å²) >= 11 is 0.